The average Bonchev–Trinajstić information content (AvgIpc) is 3.43. The summed E-state index contributed by atoms with van der Waals surface area (Å²) in [7, 11) is 0. The minimum absolute atomic E-state index is 0.0756. The number of aromatic amines is 1. The second kappa shape index (κ2) is 8.51. The van der Waals surface area contributed by atoms with Crippen LogP contribution in [0.1, 0.15) is 55.6 Å². The number of rotatable bonds is 5. The molecule has 2 aliphatic heterocycles. The first-order chi connectivity index (χ1) is 15.1. The number of nitrogens with zero attached hydrogens (tertiary/aromatic N) is 5. The molecule has 2 saturated heterocycles. The lowest BCUT2D eigenvalue weighted by Crippen LogP contribution is -2.40. The van der Waals surface area contributed by atoms with Crippen molar-refractivity contribution in [3.05, 3.63) is 51.6 Å². The molecule has 0 spiro atoms. The molecule has 5 rings (SSSR count). The number of nitrogens with one attached hydrogen (secondary N) is 1. The quantitative estimate of drug-likeness (QED) is 0.680. The molecular formula is C23H30N6O2. The van der Waals surface area contributed by atoms with Gasteiger partial charge in [0.1, 0.15) is 6.04 Å². The largest absolute Gasteiger partial charge is 0.376 e. The summed E-state index contributed by atoms with van der Waals surface area (Å²) >= 11 is 0. The van der Waals surface area contributed by atoms with Crippen LogP contribution < -0.4 is 5.56 Å². The summed E-state index contributed by atoms with van der Waals surface area (Å²) in [6.07, 6.45) is 4.42. The smallest absolute Gasteiger partial charge is 0.253 e. The van der Waals surface area contributed by atoms with Crippen LogP contribution in [-0.2, 0) is 11.3 Å². The molecule has 4 heterocycles. The van der Waals surface area contributed by atoms with Gasteiger partial charge in [0.05, 0.1) is 12.6 Å². The Labute approximate surface area is 181 Å². The maximum Gasteiger partial charge on any atom is 0.253 e. The summed E-state index contributed by atoms with van der Waals surface area (Å²) in [5.41, 5.74) is 2.61. The number of likely N-dealkylation sites (tertiary alicyclic amines) is 1. The van der Waals surface area contributed by atoms with E-state index in [9.17, 15) is 4.79 Å². The Morgan fingerprint density at radius 3 is 2.84 bits per heavy atom. The molecule has 31 heavy (non-hydrogen) atoms. The number of aromatic nitrogens is 5. The Bertz CT molecular complexity index is 1110. The van der Waals surface area contributed by atoms with E-state index in [1.807, 2.05) is 23.7 Å². The van der Waals surface area contributed by atoms with Crippen LogP contribution in [0, 0.1) is 12.8 Å². The van der Waals surface area contributed by atoms with E-state index in [0.717, 1.165) is 67.7 Å². The molecule has 8 nitrogen and oxygen atoms in total. The standard InChI is InChI=1S/C23H30N6O2/c1-15-7-9-28(10-8-15)21(22-25-26-27-29(22)14-18-4-3-11-31-18)19-13-17-6-5-16(2)12-20(17)24-23(19)30/h5-6,12-13,15,18,21H,3-4,7-11,14H2,1-2H3,(H,24,30). The maximum atomic E-state index is 13.3. The molecule has 8 heteroatoms. The molecule has 0 aliphatic carbocycles. The van der Waals surface area contributed by atoms with Gasteiger partial charge in [-0.05, 0) is 85.1 Å². The van der Waals surface area contributed by atoms with Crippen LogP contribution in [0.4, 0.5) is 0 Å². The summed E-state index contributed by atoms with van der Waals surface area (Å²) in [5, 5.41) is 13.7. The third-order valence-electron chi connectivity index (χ3n) is 6.71. The van der Waals surface area contributed by atoms with Gasteiger partial charge in [-0.15, -0.1) is 5.10 Å². The number of hydrogen-bond acceptors (Lipinski definition) is 6. The van der Waals surface area contributed by atoms with E-state index in [1.54, 1.807) is 0 Å². The molecule has 2 unspecified atom stereocenters. The highest BCUT2D eigenvalue weighted by molar-refractivity contribution is 5.79. The molecule has 164 valence electrons. The number of ether oxygens (including phenoxy) is 1. The molecular weight excluding hydrogens is 392 g/mol. The van der Waals surface area contributed by atoms with Crippen LogP contribution in [0.3, 0.4) is 0 Å². The lowest BCUT2D eigenvalue weighted by Gasteiger charge is -2.36. The number of fused-ring (bicyclic) bond motifs is 1. The number of H-pyrrole nitrogens is 1. The summed E-state index contributed by atoms with van der Waals surface area (Å²) < 4.78 is 7.67. The molecule has 1 N–H and O–H groups in total. The molecule has 0 amide bonds. The van der Waals surface area contributed by atoms with Gasteiger partial charge in [0.15, 0.2) is 5.82 Å². The zero-order valence-electron chi connectivity index (χ0n) is 18.3. The third kappa shape index (κ3) is 4.14. The number of aryl methyl sites for hydroxylation is 1. The number of piperidine rings is 1. The summed E-state index contributed by atoms with van der Waals surface area (Å²) in [6.45, 7) is 7.57. The fourth-order valence-corrected chi connectivity index (χ4v) is 4.84. The highest BCUT2D eigenvalue weighted by atomic mass is 16.5. The minimum Gasteiger partial charge on any atom is -0.376 e. The van der Waals surface area contributed by atoms with Crippen molar-refractivity contribution in [2.45, 2.75) is 58.2 Å². The van der Waals surface area contributed by atoms with Gasteiger partial charge in [0, 0.05) is 17.7 Å². The van der Waals surface area contributed by atoms with E-state index in [-0.39, 0.29) is 17.7 Å². The predicted molar refractivity (Wildman–Crippen MR) is 118 cm³/mol. The van der Waals surface area contributed by atoms with Crippen LogP contribution in [-0.4, -0.2) is 55.9 Å². The highest BCUT2D eigenvalue weighted by Gasteiger charge is 2.33. The number of tetrazole rings is 1. The third-order valence-corrected chi connectivity index (χ3v) is 6.71. The molecule has 0 saturated carbocycles. The molecule has 0 radical (unpaired) electrons. The van der Waals surface area contributed by atoms with E-state index >= 15 is 0 Å². The van der Waals surface area contributed by atoms with Crippen LogP contribution in [0.2, 0.25) is 0 Å². The van der Waals surface area contributed by atoms with Gasteiger partial charge in [-0.2, -0.15) is 0 Å². The van der Waals surface area contributed by atoms with Crippen molar-refractivity contribution >= 4 is 10.9 Å². The van der Waals surface area contributed by atoms with Crippen LogP contribution in [0.25, 0.3) is 10.9 Å². The van der Waals surface area contributed by atoms with E-state index in [4.69, 9.17) is 4.74 Å². The molecule has 1 aromatic carbocycles. The Morgan fingerprint density at radius 2 is 2.06 bits per heavy atom. The van der Waals surface area contributed by atoms with Gasteiger partial charge in [-0.3, -0.25) is 9.69 Å². The van der Waals surface area contributed by atoms with Crippen molar-refractivity contribution in [2.24, 2.45) is 5.92 Å². The Balaban J connectivity index is 1.58. The molecule has 3 aromatic rings. The van der Waals surface area contributed by atoms with Crippen molar-refractivity contribution in [2.75, 3.05) is 19.7 Å². The molecule has 2 fully saturated rings. The zero-order valence-corrected chi connectivity index (χ0v) is 18.3. The summed E-state index contributed by atoms with van der Waals surface area (Å²) in [4.78, 5) is 18.7. The molecule has 0 bridgehead atoms. The van der Waals surface area contributed by atoms with Gasteiger partial charge in [-0.1, -0.05) is 19.1 Å². The van der Waals surface area contributed by atoms with E-state index < -0.39 is 0 Å². The fourth-order valence-electron chi connectivity index (χ4n) is 4.84. The second-order valence-electron chi connectivity index (χ2n) is 9.12. The van der Waals surface area contributed by atoms with Crippen molar-refractivity contribution in [3.8, 4) is 0 Å². The van der Waals surface area contributed by atoms with Crippen LogP contribution in [0.5, 0.6) is 0 Å². The Morgan fingerprint density at radius 1 is 1.23 bits per heavy atom. The van der Waals surface area contributed by atoms with E-state index in [2.05, 4.69) is 44.5 Å². The molecule has 2 aliphatic rings. The monoisotopic (exact) mass is 422 g/mol. The van der Waals surface area contributed by atoms with Crippen LogP contribution >= 0.6 is 0 Å². The van der Waals surface area contributed by atoms with Crippen molar-refractivity contribution in [1.82, 2.24) is 30.1 Å². The summed E-state index contributed by atoms with van der Waals surface area (Å²) in [5.74, 6) is 1.42. The van der Waals surface area contributed by atoms with Gasteiger partial charge in [-0.25, -0.2) is 4.68 Å². The topological polar surface area (TPSA) is 88.9 Å². The normalized spacial score (nSPS) is 21.7. The number of benzene rings is 1. The predicted octanol–water partition coefficient (Wildman–Crippen LogP) is 2.82. The van der Waals surface area contributed by atoms with Gasteiger partial charge in [0.2, 0.25) is 0 Å². The SMILES string of the molecule is Cc1ccc2cc(C(c3nnnn3CC3CCCO3)N3CCC(C)CC3)c(=O)[nH]c2c1. The fraction of sp³-hybridized carbons (Fsp3) is 0.565. The van der Waals surface area contributed by atoms with Gasteiger partial charge < -0.3 is 9.72 Å². The first-order valence-electron chi connectivity index (χ1n) is 11.3. The van der Waals surface area contributed by atoms with Crippen LogP contribution in [0.15, 0.2) is 29.1 Å². The van der Waals surface area contributed by atoms with E-state index in [0.29, 0.717) is 18.0 Å². The van der Waals surface area contributed by atoms with Gasteiger partial charge >= 0.3 is 0 Å². The minimum atomic E-state index is -0.279. The molecule has 2 atom stereocenters. The van der Waals surface area contributed by atoms with Crippen molar-refractivity contribution in [1.29, 1.82) is 0 Å². The van der Waals surface area contributed by atoms with Crippen molar-refractivity contribution < 1.29 is 4.74 Å². The number of hydrogen-bond donors (Lipinski definition) is 1. The second-order valence-corrected chi connectivity index (χ2v) is 9.12. The zero-order chi connectivity index (χ0) is 21.4. The first-order valence-corrected chi connectivity index (χ1v) is 11.3. The van der Waals surface area contributed by atoms with E-state index in [1.165, 1.54) is 0 Å². The lowest BCUT2D eigenvalue weighted by molar-refractivity contribution is 0.0894. The number of pyridine rings is 1. The van der Waals surface area contributed by atoms with Crippen molar-refractivity contribution in [3.63, 3.8) is 0 Å². The Kier molecular flexibility index (Phi) is 5.58. The molecule has 2 aromatic heterocycles. The van der Waals surface area contributed by atoms with Gasteiger partial charge in [0.25, 0.3) is 5.56 Å². The lowest BCUT2D eigenvalue weighted by atomic mass is 9.95. The average molecular weight is 423 g/mol. The highest BCUT2D eigenvalue weighted by Crippen LogP contribution is 2.31. The maximum absolute atomic E-state index is 13.3. The Hall–Kier alpha value is -2.58. The first kappa shape index (κ1) is 20.3. The summed E-state index contributed by atoms with van der Waals surface area (Å²) in [6, 6.07) is 7.89.